The predicted octanol–water partition coefficient (Wildman–Crippen LogP) is 4.20. The van der Waals surface area contributed by atoms with Gasteiger partial charge in [-0.05, 0) is 37.5 Å². The Kier molecular flexibility index (Phi) is 5.34. The molecule has 0 bridgehead atoms. The number of hydrogen-bond donors (Lipinski definition) is 1. The molecule has 4 rings (SSSR count). The van der Waals surface area contributed by atoms with Gasteiger partial charge in [0.25, 0.3) is 0 Å². The molecule has 0 amide bonds. The van der Waals surface area contributed by atoms with Crippen molar-refractivity contribution in [1.82, 2.24) is 14.3 Å². The van der Waals surface area contributed by atoms with Gasteiger partial charge in [-0.15, -0.1) is 0 Å². The van der Waals surface area contributed by atoms with E-state index in [4.69, 9.17) is 0 Å². The van der Waals surface area contributed by atoms with Crippen molar-refractivity contribution in [2.24, 2.45) is 0 Å². The first-order valence-electron chi connectivity index (χ1n) is 9.70. The number of hydrogen-bond acceptors (Lipinski definition) is 4. The van der Waals surface area contributed by atoms with Crippen LogP contribution in [0.2, 0.25) is 0 Å². The number of imidazole rings is 1. The lowest BCUT2D eigenvalue weighted by atomic mass is 10.0. The number of H-pyrrole nitrogens is 1. The van der Waals surface area contributed by atoms with E-state index in [9.17, 15) is 13.2 Å². The summed E-state index contributed by atoms with van der Waals surface area (Å²) in [6.45, 7) is 1.86. The summed E-state index contributed by atoms with van der Waals surface area (Å²) in [7, 11) is -3.75. The molecule has 0 aliphatic carbocycles. The number of rotatable bonds is 5. The van der Waals surface area contributed by atoms with Gasteiger partial charge in [0, 0.05) is 12.1 Å². The summed E-state index contributed by atoms with van der Waals surface area (Å²) in [6.07, 6.45) is 4.19. The summed E-state index contributed by atoms with van der Waals surface area (Å²) in [5, 5.41) is 0. The van der Waals surface area contributed by atoms with Crippen molar-refractivity contribution in [2.75, 3.05) is 6.54 Å². The molecule has 7 heteroatoms. The number of nitrogens with zero attached hydrogens (tertiary/aromatic N) is 2. The molecule has 1 saturated heterocycles. The van der Waals surface area contributed by atoms with Gasteiger partial charge in [0.15, 0.2) is 5.78 Å². The zero-order chi connectivity index (χ0) is 20.4. The monoisotopic (exact) mass is 409 g/mol. The Hall–Kier alpha value is -2.77. The second-order valence-electron chi connectivity index (χ2n) is 7.26. The number of carbonyl (C=O) groups is 1. The molecule has 2 aromatic carbocycles. The molecule has 29 heavy (non-hydrogen) atoms. The van der Waals surface area contributed by atoms with Gasteiger partial charge in [0.1, 0.15) is 5.82 Å². The Morgan fingerprint density at radius 2 is 1.90 bits per heavy atom. The van der Waals surface area contributed by atoms with Crippen LogP contribution in [0, 0.1) is 0 Å². The molecule has 0 radical (unpaired) electrons. The number of benzene rings is 2. The number of piperidine rings is 1. The Labute approximate surface area is 170 Å². The number of aromatic amines is 1. The maximum Gasteiger partial charge on any atom is 0.243 e. The molecule has 0 spiro atoms. The van der Waals surface area contributed by atoms with E-state index < -0.39 is 10.0 Å². The van der Waals surface area contributed by atoms with Crippen LogP contribution in [0.5, 0.6) is 0 Å². The summed E-state index contributed by atoms with van der Waals surface area (Å²) in [6, 6.07) is 15.7. The fourth-order valence-corrected chi connectivity index (χ4v) is 5.45. The lowest BCUT2D eigenvalue weighted by Crippen LogP contribution is -2.39. The van der Waals surface area contributed by atoms with Crippen molar-refractivity contribution >= 4 is 15.8 Å². The fourth-order valence-electron chi connectivity index (χ4n) is 3.75. The predicted molar refractivity (Wildman–Crippen MR) is 111 cm³/mol. The second-order valence-corrected chi connectivity index (χ2v) is 9.15. The highest BCUT2D eigenvalue weighted by atomic mass is 32.2. The molecule has 1 fully saturated rings. The molecular weight excluding hydrogens is 386 g/mol. The second kappa shape index (κ2) is 7.93. The van der Waals surface area contributed by atoms with E-state index in [0.29, 0.717) is 24.4 Å². The standard InChI is InChI=1S/C22H23N3O3S/c1-16(26)18-10-7-11-19(14-18)29(27,28)25-13-6-5-12-21(25)22-23-15-20(24-22)17-8-3-2-4-9-17/h2-4,7-11,14-15,21H,5-6,12-13H2,1H3,(H,23,24)/t21-/m0/s1. The van der Waals surface area contributed by atoms with Crippen molar-refractivity contribution in [2.45, 2.75) is 37.1 Å². The summed E-state index contributed by atoms with van der Waals surface area (Å²) in [5.41, 5.74) is 2.26. The van der Waals surface area contributed by atoms with Crippen LogP contribution in [0.25, 0.3) is 11.3 Å². The van der Waals surface area contributed by atoms with E-state index in [1.807, 2.05) is 30.3 Å². The summed E-state index contributed by atoms with van der Waals surface area (Å²) >= 11 is 0. The minimum atomic E-state index is -3.75. The van der Waals surface area contributed by atoms with Crippen LogP contribution < -0.4 is 0 Å². The average molecular weight is 410 g/mol. The van der Waals surface area contributed by atoms with Crippen LogP contribution in [0.3, 0.4) is 0 Å². The van der Waals surface area contributed by atoms with E-state index in [1.54, 1.807) is 24.4 Å². The minimum absolute atomic E-state index is 0.145. The lowest BCUT2D eigenvalue weighted by Gasteiger charge is -2.33. The lowest BCUT2D eigenvalue weighted by molar-refractivity contribution is 0.101. The minimum Gasteiger partial charge on any atom is -0.341 e. The molecule has 6 nitrogen and oxygen atoms in total. The number of carbonyl (C=O) groups excluding carboxylic acids is 1. The van der Waals surface area contributed by atoms with Crippen molar-refractivity contribution in [3.8, 4) is 11.3 Å². The van der Waals surface area contributed by atoms with Gasteiger partial charge in [-0.1, -0.05) is 48.9 Å². The maximum absolute atomic E-state index is 13.4. The van der Waals surface area contributed by atoms with Crippen LogP contribution in [-0.4, -0.2) is 35.0 Å². The van der Waals surface area contributed by atoms with E-state index >= 15 is 0 Å². The molecular formula is C22H23N3O3S. The SMILES string of the molecule is CC(=O)c1cccc(S(=O)(=O)N2CCCC[C@H]2c2ncc(-c3ccccc3)[nH]2)c1. The van der Waals surface area contributed by atoms with Gasteiger partial charge >= 0.3 is 0 Å². The van der Waals surface area contributed by atoms with Crippen molar-refractivity contribution in [3.05, 3.63) is 72.2 Å². The number of nitrogens with one attached hydrogen (secondary N) is 1. The summed E-state index contributed by atoms with van der Waals surface area (Å²) in [4.78, 5) is 19.7. The Bertz CT molecular complexity index is 1120. The van der Waals surface area contributed by atoms with Crippen molar-refractivity contribution in [3.63, 3.8) is 0 Å². The van der Waals surface area contributed by atoms with Gasteiger partial charge in [0.2, 0.25) is 10.0 Å². The van der Waals surface area contributed by atoms with Crippen LogP contribution in [0.4, 0.5) is 0 Å². The summed E-state index contributed by atoms with van der Waals surface area (Å²) in [5.74, 6) is 0.491. The third-order valence-electron chi connectivity index (χ3n) is 5.30. The van der Waals surface area contributed by atoms with Crippen LogP contribution in [0.15, 0.2) is 65.7 Å². The van der Waals surface area contributed by atoms with E-state index in [1.165, 1.54) is 17.3 Å². The number of aromatic nitrogens is 2. The quantitative estimate of drug-likeness (QED) is 0.640. The molecule has 1 N–H and O–H groups in total. The fraction of sp³-hybridized carbons (Fsp3) is 0.273. The van der Waals surface area contributed by atoms with Crippen molar-refractivity contribution in [1.29, 1.82) is 0 Å². The first kappa shape index (κ1) is 19.5. The molecule has 0 unspecified atom stereocenters. The normalized spacial score (nSPS) is 17.9. The number of ketones is 1. The Morgan fingerprint density at radius 3 is 2.66 bits per heavy atom. The van der Waals surface area contributed by atoms with E-state index in [0.717, 1.165) is 24.1 Å². The molecule has 1 aliphatic rings. The third kappa shape index (κ3) is 3.88. The summed E-state index contributed by atoms with van der Waals surface area (Å²) < 4.78 is 28.3. The molecule has 0 saturated carbocycles. The molecule has 1 aliphatic heterocycles. The third-order valence-corrected chi connectivity index (χ3v) is 7.20. The molecule has 2 heterocycles. The van der Waals surface area contributed by atoms with Crippen LogP contribution in [0.1, 0.15) is 48.4 Å². The number of Topliss-reactive ketones (excluding diaryl/α,β-unsaturated/α-hetero) is 1. The highest BCUT2D eigenvalue weighted by molar-refractivity contribution is 7.89. The Morgan fingerprint density at radius 1 is 1.10 bits per heavy atom. The maximum atomic E-state index is 13.4. The Balaban J connectivity index is 1.68. The van der Waals surface area contributed by atoms with E-state index in [2.05, 4.69) is 9.97 Å². The van der Waals surface area contributed by atoms with Gasteiger partial charge < -0.3 is 4.98 Å². The van der Waals surface area contributed by atoms with Crippen LogP contribution in [-0.2, 0) is 10.0 Å². The smallest absolute Gasteiger partial charge is 0.243 e. The molecule has 1 atom stereocenters. The first-order chi connectivity index (χ1) is 14.0. The van der Waals surface area contributed by atoms with Gasteiger partial charge in [-0.3, -0.25) is 4.79 Å². The molecule has 3 aromatic rings. The zero-order valence-electron chi connectivity index (χ0n) is 16.2. The van der Waals surface area contributed by atoms with Gasteiger partial charge in [0.05, 0.1) is 22.8 Å². The van der Waals surface area contributed by atoms with Crippen LogP contribution >= 0.6 is 0 Å². The highest BCUT2D eigenvalue weighted by Gasteiger charge is 2.36. The zero-order valence-corrected chi connectivity index (χ0v) is 17.0. The van der Waals surface area contributed by atoms with Crippen molar-refractivity contribution < 1.29 is 13.2 Å². The topological polar surface area (TPSA) is 83.1 Å². The van der Waals surface area contributed by atoms with E-state index in [-0.39, 0.29) is 16.7 Å². The largest absolute Gasteiger partial charge is 0.341 e. The van der Waals surface area contributed by atoms with Gasteiger partial charge in [-0.2, -0.15) is 4.31 Å². The molecule has 150 valence electrons. The van der Waals surface area contributed by atoms with Gasteiger partial charge in [-0.25, -0.2) is 13.4 Å². The highest BCUT2D eigenvalue weighted by Crippen LogP contribution is 2.35. The number of sulfonamides is 1. The molecule has 1 aromatic heterocycles. The first-order valence-corrected chi connectivity index (χ1v) is 11.1. The average Bonchev–Trinajstić information content (AvgIpc) is 3.25.